The highest BCUT2D eigenvalue weighted by Crippen LogP contribution is 2.34. The predicted molar refractivity (Wildman–Crippen MR) is 115 cm³/mol. The lowest BCUT2D eigenvalue weighted by molar-refractivity contribution is -0.0629. The number of nitrogens with two attached hydrogens (primary N) is 2. The molecule has 1 aromatic carbocycles. The molecule has 5 N–H and O–H groups in total. The molecule has 30 heavy (non-hydrogen) atoms. The van der Waals surface area contributed by atoms with Gasteiger partial charge in [-0.05, 0) is 24.6 Å². The van der Waals surface area contributed by atoms with E-state index in [4.69, 9.17) is 23.1 Å². The molecule has 0 aliphatic carbocycles. The molecule has 1 unspecified atom stereocenters. The van der Waals surface area contributed by atoms with Crippen LogP contribution in [0.25, 0.3) is 5.70 Å². The molecule has 1 amide bonds. The molecule has 1 saturated heterocycles. The van der Waals surface area contributed by atoms with Crippen LogP contribution in [0.15, 0.2) is 30.6 Å². The van der Waals surface area contributed by atoms with Crippen molar-refractivity contribution < 1.29 is 13.6 Å². The summed E-state index contributed by atoms with van der Waals surface area (Å²) in [7, 11) is 0. The molecule has 0 radical (unpaired) electrons. The van der Waals surface area contributed by atoms with Crippen molar-refractivity contribution >= 4 is 34.5 Å². The van der Waals surface area contributed by atoms with Gasteiger partial charge in [0.1, 0.15) is 0 Å². The minimum Gasteiger partial charge on any atom is -0.403 e. The van der Waals surface area contributed by atoms with Gasteiger partial charge in [0.25, 0.3) is 11.8 Å². The van der Waals surface area contributed by atoms with Crippen LogP contribution in [0.5, 0.6) is 0 Å². The predicted octanol–water partition coefficient (Wildman–Crippen LogP) is 3.52. The van der Waals surface area contributed by atoms with Gasteiger partial charge in [0, 0.05) is 49.7 Å². The smallest absolute Gasteiger partial charge is 0.252 e. The highest BCUT2D eigenvalue weighted by atomic mass is 35.5. The van der Waals surface area contributed by atoms with Gasteiger partial charge in [-0.3, -0.25) is 9.69 Å². The van der Waals surface area contributed by atoms with Crippen molar-refractivity contribution in [2.24, 2.45) is 11.5 Å². The molecule has 3 rings (SSSR count). The SMILES string of the molecule is Cc1ncc(C(CNC(=O)c2cc(/C(N)=C/N)ccc2Cl)N2CCC(F)(F)CC2)s1. The van der Waals surface area contributed by atoms with E-state index in [0.717, 1.165) is 9.88 Å². The van der Waals surface area contributed by atoms with E-state index >= 15 is 0 Å². The van der Waals surface area contributed by atoms with Crippen LogP contribution < -0.4 is 16.8 Å². The van der Waals surface area contributed by atoms with E-state index in [2.05, 4.69) is 10.3 Å². The first-order valence-corrected chi connectivity index (χ1v) is 10.7. The van der Waals surface area contributed by atoms with Crippen LogP contribution in [-0.2, 0) is 0 Å². The molecule has 6 nitrogen and oxygen atoms in total. The zero-order chi connectivity index (χ0) is 21.9. The molecule has 2 heterocycles. The van der Waals surface area contributed by atoms with Crippen LogP contribution in [0, 0.1) is 6.92 Å². The lowest BCUT2D eigenvalue weighted by atomic mass is 10.0. The number of aryl methyl sites for hydroxylation is 1. The summed E-state index contributed by atoms with van der Waals surface area (Å²) in [4.78, 5) is 20.0. The minimum absolute atomic E-state index is 0.201. The van der Waals surface area contributed by atoms with E-state index in [1.54, 1.807) is 24.4 Å². The Kier molecular flexibility index (Phi) is 6.95. The highest BCUT2D eigenvalue weighted by Gasteiger charge is 2.37. The van der Waals surface area contributed by atoms with E-state index in [1.165, 1.54) is 17.5 Å². The van der Waals surface area contributed by atoms with Crippen LogP contribution in [0.1, 0.15) is 44.7 Å². The number of amides is 1. The maximum absolute atomic E-state index is 13.6. The molecule has 1 aliphatic rings. The average molecular weight is 456 g/mol. The van der Waals surface area contributed by atoms with Crippen LogP contribution in [-0.4, -0.2) is 41.3 Å². The van der Waals surface area contributed by atoms with Crippen molar-refractivity contribution in [1.29, 1.82) is 0 Å². The number of hydrogen-bond donors (Lipinski definition) is 3. The molecule has 2 aromatic rings. The zero-order valence-electron chi connectivity index (χ0n) is 16.5. The summed E-state index contributed by atoms with van der Waals surface area (Å²) in [5.41, 5.74) is 12.4. The molecule has 1 fully saturated rings. The van der Waals surface area contributed by atoms with Gasteiger partial charge in [0.05, 0.1) is 27.3 Å². The molecule has 162 valence electrons. The summed E-state index contributed by atoms with van der Waals surface area (Å²) < 4.78 is 27.2. The summed E-state index contributed by atoms with van der Waals surface area (Å²) in [6, 6.07) is 4.59. The van der Waals surface area contributed by atoms with Crippen LogP contribution in [0.4, 0.5) is 8.78 Å². The largest absolute Gasteiger partial charge is 0.403 e. The zero-order valence-corrected chi connectivity index (χ0v) is 18.1. The van der Waals surface area contributed by atoms with Gasteiger partial charge in [0.2, 0.25) is 0 Å². The number of nitrogens with zero attached hydrogens (tertiary/aromatic N) is 2. The Bertz CT molecular complexity index is 939. The fraction of sp³-hybridized carbons (Fsp3) is 0.400. The molecule has 1 aliphatic heterocycles. The molecule has 0 saturated carbocycles. The minimum atomic E-state index is -2.64. The second-order valence-electron chi connectivity index (χ2n) is 7.22. The Morgan fingerprint density at radius 2 is 2.13 bits per heavy atom. The summed E-state index contributed by atoms with van der Waals surface area (Å²) in [5, 5.41) is 4.04. The fourth-order valence-corrected chi connectivity index (χ4v) is 4.49. The third kappa shape index (κ3) is 5.27. The Morgan fingerprint density at radius 1 is 1.43 bits per heavy atom. The van der Waals surface area contributed by atoms with Crippen molar-refractivity contribution in [1.82, 2.24) is 15.2 Å². The third-order valence-corrected chi connectivity index (χ3v) is 6.46. The summed E-state index contributed by atoms with van der Waals surface area (Å²) >= 11 is 7.69. The molecular weight excluding hydrogens is 432 g/mol. The van der Waals surface area contributed by atoms with E-state index < -0.39 is 5.92 Å². The van der Waals surface area contributed by atoms with Crippen molar-refractivity contribution in [3.05, 3.63) is 56.6 Å². The van der Waals surface area contributed by atoms with Crippen molar-refractivity contribution in [2.45, 2.75) is 31.7 Å². The van der Waals surface area contributed by atoms with E-state index in [-0.39, 0.29) is 55.0 Å². The first kappa shape index (κ1) is 22.5. The highest BCUT2D eigenvalue weighted by molar-refractivity contribution is 7.11. The second kappa shape index (κ2) is 9.28. The number of likely N-dealkylation sites (tertiary alicyclic amines) is 1. The van der Waals surface area contributed by atoms with Gasteiger partial charge in [-0.2, -0.15) is 0 Å². The van der Waals surface area contributed by atoms with E-state index in [1.807, 2.05) is 11.8 Å². The second-order valence-corrected chi connectivity index (χ2v) is 8.89. The van der Waals surface area contributed by atoms with Crippen molar-refractivity contribution in [3.8, 4) is 0 Å². The molecule has 0 bridgehead atoms. The Morgan fingerprint density at radius 3 is 2.73 bits per heavy atom. The summed E-state index contributed by atoms with van der Waals surface area (Å²) in [6.07, 6.45) is 2.59. The van der Waals surface area contributed by atoms with Crippen molar-refractivity contribution in [2.75, 3.05) is 19.6 Å². The van der Waals surface area contributed by atoms with Gasteiger partial charge in [0.15, 0.2) is 0 Å². The third-order valence-electron chi connectivity index (χ3n) is 5.12. The van der Waals surface area contributed by atoms with Gasteiger partial charge in [-0.1, -0.05) is 17.7 Å². The number of rotatable bonds is 6. The Hall–Kier alpha value is -2.23. The summed E-state index contributed by atoms with van der Waals surface area (Å²) in [5.74, 6) is -3.02. The number of aromatic nitrogens is 1. The molecular formula is C20H24ClF2N5OS. The monoisotopic (exact) mass is 455 g/mol. The number of carbonyl (C=O) groups is 1. The lowest BCUT2D eigenvalue weighted by Crippen LogP contribution is -2.44. The molecule has 10 heteroatoms. The van der Waals surface area contributed by atoms with Crippen molar-refractivity contribution in [3.63, 3.8) is 0 Å². The van der Waals surface area contributed by atoms with Gasteiger partial charge in [-0.25, -0.2) is 13.8 Å². The number of carbonyl (C=O) groups excluding carboxylic acids is 1. The molecule has 0 spiro atoms. The number of benzene rings is 1. The fourth-order valence-electron chi connectivity index (χ4n) is 3.36. The summed E-state index contributed by atoms with van der Waals surface area (Å²) in [6.45, 7) is 2.63. The van der Waals surface area contributed by atoms with E-state index in [0.29, 0.717) is 11.3 Å². The molecule has 1 atom stereocenters. The number of piperidine rings is 1. The first-order valence-electron chi connectivity index (χ1n) is 9.50. The van der Waals surface area contributed by atoms with Crippen LogP contribution in [0.3, 0.4) is 0 Å². The number of hydrogen-bond acceptors (Lipinski definition) is 6. The van der Waals surface area contributed by atoms with Crippen LogP contribution in [0.2, 0.25) is 5.02 Å². The lowest BCUT2D eigenvalue weighted by Gasteiger charge is -2.37. The Balaban J connectivity index is 1.77. The molecule has 1 aromatic heterocycles. The van der Waals surface area contributed by atoms with Gasteiger partial charge in [-0.15, -0.1) is 11.3 Å². The number of nitrogens with one attached hydrogen (secondary N) is 1. The maximum atomic E-state index is 13.6. The number of thiazole rings is 1. The average Bonchev–Trinajstić information content (AvgIpc) is 3.14. The van der Waals surface area contributed by atoms with E-state index in [9.17, 15) is 13.6 Å². The number of alkyl halides is 2. The maximum Gasteiger partial charge on any atom is 0.252 e. The normalized spacial score (nSPS) is 18.2. The topological polar surface area (TPSA) is 97.3 Å². The standard InChI is InChI=1S/C20H24ClF2N5OS/c1-12-26-11-18(30-12)17(28-6-4-20(22,23)5-7-28)10-27-19(29)14-8-13(16(25)9-24)2-3-15(14)21/h2-3,8-9,11,17H,4-7,10,24-25H2,1H3,(H,27,29)/b16-9-. The van der Waals surface area contributed by atoms with Gasteiger partial charge >= 0.3 is 0 Å². The van der Waals surface area contributed by atoms with Crippen LogP contribution >= 0.6 is 22.9 Å². The quantitative estimate of drug-likeness (QED) is 0.619. The first-order chi connectivity index (χ1) is 14.2. The van der Waals surface area contributed by atoms with Gasteiger partial charge < -0.3 is 16.8 Å². The Labute approximate surface area is 182 Å². The number of halogens is 3.